The Morgan fingerprint density at radius 1 is 1.00 bits per heavy atom. The number of nitrogens with zero attached hydrogens (tertiary/aromatic N) is 2. The highest BCUT2D eigenvalue weighted by atomic mass is 35.5. The molecule has 0 fully saturated rings. The summed E-state index contributed by atoms with van der Waals surface area (Å²) in [7, 11) is 0. The van der Waals surface area contributed by atoms with Gasteiger partial charge >= 0.3 is 6.16 Å². The van der Waals surface area contributed by atoms with Crippen molar-refractivity contribution in [2.24, 2.45) is 5.10 Å². The molecule has 9 heteroatoms. The number of hydrogen-bond donors (Lipinski definition) is 3. The zero-order valence-corrected chi connectivity index (χ0v) is 21.6. The van der Waals surface area contributed by atoms with E-state index in [-0.39, 0.29) is 28.8 Å². The summed E-state index contributed by atoms with van der Waals surface area (Å²) in [6.07, 6.45) is 0.543. The molecule has 39 heavy (non-hydrogen) atoms. The second-order valence-electron chi connectivity index (χ2n) is 8.89. The molecule has 196 valence electrons. The van der Waals surface area contributed by atoms with Gasteiger partial charge in [0.25, 0.3) is 5.91 Å². The average Bonchev–Trinajstić information content (AvgIpc) is 3.18. The van der Waals surface area contributed by atoms with Gasteiger partial charge in [0, 0.05) is 21.8 Å². The Balaban J connectivity index is 1.47. The fourth-order valence-corrected chi connectivity index (χ4v) is 4.66. The number of halogens is 1. The molecule has 0 aromatic heterocycles. The smallest absolute Gasteiger partial charge is 0.505 e. The SMILES string of the molecule is CCCc1ccc(N2C(=O)C(=NNc3cccc(-c4cccc(OC(=O)O)c4)c3O)c3ccc(Cl)cc32)cc1. The van der Waals surface area contributed by atoms with Crippen LogP contribution in [0, 0.1) is 0 Å². The molecule has 1 heterocycles. The van der Waals surface area contributed by atoms with Crippen LogP contribution in [0.15, 0.2) is 90.0 Å². The Labute approximate surface area is 229 Å². The van der Waals surface area contributed by atoms with Gasteiger partial charge in [-0.2, -0.15) is 5.10 Å². The Morgan fingerprint density at radius 2 is 1.77 bits per heavy atom. The monoisotopic (exact) mass is 541 g/mol. The molecule has 1 aliphatic rings. The number of aryl methyl sites for hydroxylation is 1. The molecule has 8 nitrogen and oxygen atoms in total. The molecule has 1 amide bonds. The number of phenols is 1. The molecule has 0 atom stereocenters. The van der Waals surface area contributed by atoms with Crippen LogP contribution in [0.2, 0.25) is 5.02 Å². The number of para-hydroxylation sites is 1. The Hall–Kier alpha value is -4.82. The molecule has 0 bridgehead atoms. The van der Waals surface area contributed by atoms with E-state index in [0.717, 1.165) is 12.8 Å². The molecule has 0 spiro atoms. The minimum Gasteiger partial charge on any atom is -0.505 e. The highest BCUT2D eigenvalue weighted by Gasteiger charge is 2.35. The third-order valence-corrected chi connectivity index (χ3v) is 6.50. The van der Waals surface area contributed by atoms with Gasteiger partial charge in [-0.3, -0.25) is 15.1 Å². The standard InChI is InChI=1S/C30H24ClN3O5/c1-2-5-18-10-13-21(14-11-18)34-26-17-20(31)12-15-24(26)27(29(34)36)33-32-25-9-4-8-23(28(25)35)19-6-3-7-22(16-19)39-30(37)38/h3-4,6-17,32,35H,2,5H2,1H3,(H,37,38). The van der Waals surface area contributed by atoms with Crippen LogP contribution in [0.5, 0.6) is 11.5 Å². The van der Waals surface area contributed by atoms with Gasteiger partial charge in [0.05, 0.1) is 11.4 Å². The molecule has 0 saturated heterocycles. The Kier molecular flexibility index (Phi) is 7.21. The van der Waals surface area contributed by atoms with Gasteiger partial charge in [-0.25, -0.2) is 4.79 Å². The van der Waals surface area contributed by atoms with Crippen LogP contribution in [0.4, 0.5) is 21.9 Å². The highest BCUT2D eigenvalue weighted by Crippen LogP contribution is 2.39. The first-order valence-corrected chi connectivity index (χ1v) is 12.6. The number of phenolic OH excluding ortho intramolecular Hbond substituents is 1. The van der Waals surface area contributed by atoms with E-state index >= 15 is 0 Å². The lowest BCUT2D eigenvalue weighted by molar-refractivity contribution is -0.111. The number of benzene rings is 4. The summed E-state index contributed by atoms with van der Waals surface area (Å²) in [5, 5.41) is 24.8. The third-order valence-electron chi connectivity index (χ3n) is 6.27. The van der Waals surface area contributed by atoms with Gasteiger partial charge in [0.15, 0.2) is 5.71 Å². The topological polar surface area (TPSA) is 111 Å². The maximum absolute atomic E-state index is 13.6. The first-order chi connectivity index (χ1) is 18.9. The summed E-state index contributed by atoms with van der Waals surface area (Å²) >= 11 is 6.28. The second-order valence-corrected chi connectivity index (χ2v) is 9.32. The van der Waals surface area contributed by atoms with Crippen LogP contribution < -0.4 is 15.1 Å². The minimum atomic E-state index is -1.43. The maximum atomic E-state index is 13.6. The molecule has 5 rings (SSSR count). The first kappa shape index (κ1) is 25.8. The van der Waals surface area contributed by atoms with Crippen molar-refractivity contribution in [3.05, 3.63) is 101 Å². The van der Waals surface area contributed by atoms with E-state index in [1.54, 1.807) is 53.4 Å². The molecule has 0 aliphatic carbocycles. The van der Waals surface area contributed by atoms with Gasteiger partial charge in [-0.15, -0.1) is 0 Å². The number of hydrogen-bond acceptors (Lipinski definition) is 6. The summed E-state index contributed by atoms with van der Waals surface area (Å²) in [4.78, 5) is 26.1. The second kappa shape index (κ2) is 10.9. The van der Waals surface area contributed by atoms with Crippen molar-refractivity contribution in [3.63, 3.8) is 0 Å². The number of carbonyl (C=O) groups excluding carboxylic acids is 1. The third kappa shape index (κ3) is 5.28. The van der Waals surface area contributed by atoms with Crippen LogP contribution in [0.1, 0.15) is 24.5 Å². The van der Waals surface area contributed by atoms with E-state index in [4.69, 9.17) is 21.4 Å². The van der Waals surface area contributed by atoms with Gasteiger partial charge in [-0.05, 0) is 66.1 Å². The van der Waals surface area contributed by atoms with E-state index in [9.17, 15) is 14.7 Å². The lowest BCUT2D eigenvalue weighted by atomic mass is 10.0. The fourth-order valence-electron chi connectivity index (χ4n) is 4.50. The summed E-state index contributed by atoms with van der Waals surface area (Å²) in [6, 6.07) is 24.3. The number of amides is 1. The van der Waals surface area contributed by atoms with E-state index in [1.165, 1.54) is 17.7 Å². The van der Waals surface area contributed by atoms with Crippen molar-refractivity contribution < 1.29 is 24.5 Å². The van der Waals surface area contributed by atoms with Crippen LogP contribution in [0.25, 0.3) is 11.1 Å². The summed E-state index contributed by atoms with van der Waals surface area (Å²) < 4.78 is 4.73. The average molecular weight is 542 g/mol. The van der Waals surface area contributed by atoms with Crippen molar-refractivity contribution >= 4 is 46.4 Å². The van der Waals surface area contributed by atoms with Crippen LogP contribution in [0.3, 0.4) is 0 Å². The zero-order chi connectivity index (χ0) is 27.5. The van der Waals surface area contributed by atoms with Gasteiger partial charge in [0.2, 0.25) is 0 Å². The van der Waals surface area contributed by atoms with Crippen LogP contribution in [-0.2, 0) is 11.2 Å². The molecule has 1 aliphatic heterocycles. The van der Waals surface area contributed by atoms with Crippen molar-refractivity contribution in [1.82, 2.24) is 0 Å². The minimum absolute atomic E-state index is 0.118. The number of rotatable bonds is 7. The number of fused-ring (bicyclic) bond motifs is 1. The van der Waals surface area contributed by atoms with Gasteiger partial charge < -0.3 is 14.9 Å². The van der Waals surface area contributed by atoms with Gasteiger partial charge in [0.1, 0.15) is 11.5 Å². The quantitative estimate of drug-likeness (QED) is 0.0985. The number of nitrogens with one attached hydrogen (secondary N) is 1. The number of carbonyl (C=O) groups is 2. The molecule has 0 unspecified atom stereocenters. The van der Waals surface area contributed by atoms with Crippen molar-refractivity contribution in [2.45, 2.75) is 19.8 Å². The zero-order valence-electron chi connectivity index (χ0n) is 20.9. The molecular formula is C30H24ClN3O5. The summed E-state index contributed by atoms with van der Waals surface area (Å²) in [5.41, 5.74) is 7.32. The number of ether oxygens (including phenoxy) is 1. The van der Waals surface area contributed by atoms with E-state index in [1.807, 2.05) is 24.3 Å². The van der Waals surface area contributed by atoms with Crippen molar-refractivity contribution in [3.8, 4) is 22.6 Å². The predicted molar refractivity (Wildman–Crippen MR) is 151 cm³/mol. The predicted octanol–water partition coefficient (Wildman–Crippen LogP) is 7.22. The Bertz CT molecular complexity index is 1600. The molecule has 3 N–H and O–H groups in total. The summed E-state index contributed by atoms with van der Waals surface area (Å²) in [5.74, 6) is -0.343. The van der Waals surface area contributed by atoms with Crippen LogP contribution in [-0.4, -0.2) is 28.0 Å². The molecular weight excluding hydrogens is 518 g/mol. The first-order valence-electron chi connectivity index (χ1n) is 12.3. The van der Waals surface area contributed by atoms with E-state index < -0.39 is 6.16 Å². The molecule has 0 radical (unpaired) electrons. The summed E-state index contributed by atoms with van der Waals surface area (Å²) in [6.45, 7) is 2.12. The van der Waals surface area contributed by atoms with Crippen LogP contribution >= 0.6 is 11.6 Å². The molecule has 0 saturated carbocycles. The number of hydrazone groups is 1. The number of anilines is 3. The largest absolute Gasteiger partial charge is 0.511 e. The lowest BCUT2D eigenvalue weighted by Gasteiger charge is -2.17. The number of carboxylic acid groups (broad SMARTS) is 1. The van der Waals surface area contributed by atoms with Crippen molar-refractivity contribution in [2.75, 3.05) is 10.3 Å². The normalized spacial score (nSPS) is 13.4. The van der Waals surface area contributed by atoms with E-state index in [2.05, 4.69) is 17.5 Å². The Morgan fingerprint density at radius 3 is 2.51 bits per heavy atom. The molecule has 4 aromatic rings. The van der Waals surface area contributed by atoms with E-state index in [0.29, 0.717) is 33.1 Å². The lowest BCUT2D eigenvalue weighted by Crippen LogP contribution is -2.26. The number of aromatic hydroxyl groups is 1. The molecule has 4 aromatic carbocycles. The fraction of sp³-hybridized carbons (Fsp3) is 0.100. The van der Waals surface area contributed by atoms with Crippen molar-refractivity contribution in [1.29, 1.82) is 0 Å². The maximum Gasteiger partial charge on any atom is 0.511 e. The highest BCUT2D eigenvalue weighted by molar-refractivity contribution is 6.56. The van der Waals surface area contributed by atoms with Gasteiger partial charge in [-0.1, -0.05) is 61.3 Å².